The second kappa shape index (κ2) is 12.4. The van der Waals surface area contributed by atoms with Crippen LogP contribution in [0.25, 0.3) is 11.0 Å². The zero-order valence-corrected chi connectivity index (χ0v) is 24.5. The van der Waals surface area contributed by atoms with Crippen LogP contribution in [-0.2, 0) is 27.1 Å². The van der Waals surface area contributed by atoms with Gasteiger partial charge in [-0.05, 0) is 36.8 Å². The number of allylic oxidation sites excluding steroid dienone is 1. The number of aromatic nitrogens is 1. The van der Waals surface area contributed by atoms with Gasteiger partial charge in [0.2, 0.25) is 0 Å². The van der Waals surface area contributed by atoms with Gasteiger partial charge in [0.1, 0.15) is 20.4 Å². The topological polar surface area (TPSA) is 120 Å². The molecule has 1 fully saturated rings. The summed E-state index contributed by atoms with van der Waals surface area (Å²) in [7, 11) is 0. The van der Waals surface area contributed by atoms with E-state index in [0.717, 1.165) is 51.1 Å². The lowest BCUT2D eigenvalue weighted by molar-refractivity contribution is -0.140. The molecule has 0 saturated carbocycles. The van der Waals surface area contributed by atoms with E-state index in [9.17, 15) is 37.5 Å². The van der Waals surface area contributed by atoms with E-state index in [1.807, 2.05) is 6.92 Å². The van der Waals surface area contributed by atoms with Crippen molar-refractivity contribution in [2.75, 3.05) is 18.0 Å². The fourth-order valence-electron chi connectivity index (χ4n) is 4.01. The number of carboxylic acid groups (broad SMARTS) is 2. The van der Waals surface area contributed by atoms with Gasteiger partial charge in [-0.3, -0.25) is 28.6 Å². The number of carbonyl (C=O) groups excluding carboxylic acids is 1. The van der Waals surface area contributed by atoms with Crippen molar-refractivity contribution in [3.05, 3.63) is 54.4 Å². The number of anilines is 1. The molecule has 41 heavy (non-hydrogen) atoms. The number of fused-ring (bicyclic) bond motifs is 1. The number of rotatable bonds is 9. The van der Waals surface area contributed by atoms with E-state index >= 15 is 0 Å². The van der Waals surface area contributed by atoms with Crippen LogP contribution in [0, 0.1) is 0 Å². The zero-order chi connectivity index (χ0) is 30.1. The molecule has 3 heterocycles. The minimum absolute atomic E-state index is 0.00408. The summed E-state index contributed by atoms with van der Waals surface area (Å²) in [5.41, 5.74) is -0.913. The number of hydrogen-bond acceptors (Lipinski definition) is 9. The molecule has 1 amide bonds. The summed E-state index contributed by atoms with van der Waals surface area (Å²) in [5, 5.41) is 18.9. The minimum Gasteiger partial charge on any atom is -0.481 e. The molecule has 0 aliphatic carbocycles. The van der Waals surface area contributed by atoms with Gasteiger partial charge in [0.05, 0.1) is 27.2 Å². The average molecular weight is 646 g/mol. The summed E-state index contributed by atoms with van der Waals surface area (Å²) in [6, 6.07) is 3.54. The standard InChI is InChI=1S/C25H22F3N3O6S4/c1-2-3-9-29-14-11-13(25(26,27)28)4-5-15(14)39-17(29)7-6-16-21(36)30(10-8-18(32)33)23(40-16)20-22(37)31(12-19(34)35)24(38)41-20/h4-7,11H,2-3,8-10,12H2,1H3,(H,32,33)(H,34,35)/b16-6+,17-7-,23-20-. The third-order valence-corrected chi connectivity index (χ3v) is 9.81. The van der Waals surface area contributed by atoms with Gasteiger partial charge in [-0.25, -0.2) is 0 Å². The van der Waals surface area contributed by atoms with Gasteiger partial charge < -0.3 is 15.1 Å². The lowest BCUT2D eigenvalue weighted by Gasteiger charge is -2.20. The normalized spacial score (nSPS) is 18.1. The number of carbonyl (C=O) groups is 3. The smallest absolute Gasteiger partial charge is 0.416 e. The van der Waals surface area contributed by atoms with Gasteiger partial charge in [0.25, 0.3) is 11.5 Å². The summed E-state index contributed by atoms with van der Waals surface area (Å²) in [4.78, 5) is 52.1. The second-order valence-electron chi connectivity index (χ2n) is 8.81. The van der Waals surface area contributed by atoms with E-state index in [0.29, 0.717) is 28.6 Å². The Morgan fingerprint density at radius 1 is 1.05 bits per heavy atom. The predicted molar refractivity (Wildman–Crippen MR) is 155 cm³/mol. The van der Waals surface area contributed by atoms with E-state index in [1.54, 1.807) is 11.0 Å². The van der Waals surface area contributed by atoms with Crippen molar-refractivity contribution in [2.45, 2.75) is 43.8 Å². The number of carboxylic acids is 2. The lowest BCUT2D eigenvalue weighted by atomic mass is 10.1. The Morgan fingerprint density at radius 3 is 2.41 bits per heavy atom. The van der Waals surface area contributed by atoms with Crippen molar-refractivity contribution in [2.24, 2.45) is 0 Å². The van der Waals surface area contributed by atoms with Crippen LogP contribution in [0.5, 0.6) is 0 Å². The number of thiocarbonyl (C=S) groups is 1. The van der Waals surface area contributed by atoms with E-state index in [1.165, 1.54) is 23.9 Å². The molecule has 1 aromatic carbocycles. The van der Waals surface area contributed by atoms with Crippen LogP contribution >= 0.6 is 47.1 Å². The molecule has 2 aliphatic rings. The Labute approximate surface area is 248 Å². The quantitative estimate of drug-likeness (QED) is 0.393. The number of amides is 1. The first-order valence-corrected chi connectivity index (χ1v) is 15.0. The summed E-state index contributed by atoms with van der Waals surface area (Å²) in [5.74, 6) is -3.14. The molecule has 2 aromatic rings. The van der Waals surface area contributed by atoms with Gasteiger partial charge >= 0.3 is 18.1 Å². The summed E-state index contributed by atoms with van der Waals surface area (Å²) < 4.78 is 41.6. The Hall–Kier alpha value is -3.08. The molecule has 0 unspecified atom stereocenters. The Kier molecular flexibility index (Phi) is 9.35. The van der Waals surface area contributed by atoms with Gasteiger partial charge in [0.15, 0.2) is 0 Å². The predicted octanol–water partition coefficient (Wildman–Crippen LogP) is 3.49. The van der Waals surface area contributed by atoms with Crippen LogP contribution < -0.4 is 19.7 Å². The molecule has 1 aromatic heterocycles. The Bertz CT molecular complexity index is 1650. The van der Waals surface area contributed by atoms with Crippen molar-refractivity contribution < 1.29 is 37.8 Å². The number of benzene rings is 1. The largest absolute Gasteiger partial charge is 0.481 e. The number of halogens is 3. The molecule has 2 aliphatic heterocycles. The second-order valence-corrected chi connectivity index (χ2v) is 12.6. The fraction of sp³-hybridized carbons (Fsp3) is 0.320. The maximum Gasteiger partial charge on any atom is 0.416 e. The number of alkyl halides is 3. The van der Waals surface area contributed by atoms with Crippen molar-refractivity contribution in [3.63, 3.8) is 0 Å². The van der Waals surface area contributed by atoms with Crippen LogP contribution in [0.15, 0.2) is 39.0 Å². The molecule has 2 N–H and O–H groups in total. The summed E-state index contributed by atoms with van der Waals surface area (Å²) in [6.07, 6.45) is -0.287. The van der Waals surface area contributed by atoms with Crippen LogP contribution in [-0.4, -0.2) is 54.9 Å². The summed E-state index contributed by atoms with van der Waals surface area (Å²) >= 11 is 8.16. The average Bonchev–Trinajstić information content (AvgIpc) is 3.50. The highest BCUT2D eigenvalue weighted by atomic mass is 32.2. The van der Waals surface area contributed by atoms with Gasteiger partial charge in [0, 0.05) is 18.0 Å². The molecule has 9 nitrogen and oxygen atoms in total. The number of nitrogens with zero attached hydrogens (tertiary/aromatic N) is 3. The molecule has 16 heteroatoms. The zero-order valence-electron chi connectivity index (χ0n) is 21.3. The lowest BCUT2D eigenvalue weighted by Crippen LogP contribution is -2.36. The van der Waals surface area contributed by atoms with E-state index < -0.39 is 48.1 Å². The molecule has 0 radical (unpaired) electrons. The number of thiazole rings is 1. The number of unbranched alkanes of at least 4 members (excludes halogenated alkanes) is 1. The highest BCUT2D eigenvalue weighted by molar-refractivity contribution is 8.30. The minimum atomic E-state index is -4.50. The first-order chi connectivity index (χ1) is 19.3. The molecule has 1 saturated heterocycles. The maximum absolute atomic E-state index is 13.4. The van der Waals surface area contributed by atoms with Crippen LogP contribution in [0.4, 0.5) is 18.9 Å². The van der Waals surface area contributed by atoms with E-state index in [-0.39, 0.29) is 25.0 Å². The highest BCUT2D eigenvalue weighted by Gasteiger charge is 2.36. The first-order valence-electron chi connectivity index (χ1n) is 12.1. The molecule has 4 rings (SSSR count). The van der Waals surface area contributed by atoms with E-state index in [2.05, 4.69) is 0 Å². The maximum atomic E-state index is 13.4. The van der Waals surface area contributed by atoms with Crippen molar-refractivity contribution in [1.82, 2.24) is 9.47 Å². The Morgan fingerprint density at radius 2 is 1.78 bits per heavy atom. The van der Waals surface area contributed by atoms with Gasteiger partial charge in [-0.2, -0.15) is 13.2 Å². The highest BCUT2D eigenvalue weighted by Crippen LogP contribution is 2.48. The van der Waals surface area contributed by atoms with Gasteiger partial charge in [-0.15, -0.1) is 11.3 Å². The number of thioether (sulfide) groups is 2. The van der Waals surface area contributed by atoms with Gasteiger partial charge in [-0.1, -0.05) is 49.1 Å². The first kappa shape index (κ1) is 30.9. The van der Waals surface area contributed by atoms with Crippen LogP contribution in [0.3, 0.4) is 0 Å². The van der Waals surface area contributed by atoms with Crippen molar-refractivity contribution in [3.8, 4) is 0 Å². The van der Waals surface area contributed by atoms with Crippen LogP contribution in [0.1, 0.15) is 31.7 Å². The van der Waals surface area contributed by atoms with Crippen molar-refractivity contribution in [1.29, 1.82) is 0 Å². The molecule has 0 atom stereocenters. The summed E-state index contributed by atoms with van der Waals surface area (Å²) in [6.45, 7) is 1.51. The third-order valence-electron chi connectivity index (χ3n) is 5.96. The van der Waals surface area contributed by atoms with Crippen LogP contribution in [0.2, 0.25) is 0 Å². The molecule has 0 spiro atoms. The molecule has 218 valence electrons. The monoisotopic (exact) mass is 645 g/mol. The van der Waals surface area contributed by atoms with Crippen molar-refractivity contribution >= 4 is 85.9 Å². The fourth-order valence-corrected chi connectivity index (χ4v) is 7.56. The number of aliphatic carboxylic acids is 2. The van der Waals surface area contributed by atoms with E-state index in [4.69, 9.17) is 17.3 Å². The number of hydrogen-bond donors (Lipinski definition) is 2. The SMILES string of the molecule is CCCCN1/C(=C/C=c2/s/c(=C3\SC(=S)N(CC(=O)O)C3=O)n(CCC(=O)O)c2=O)Sc2ccc(C(F)(F)F)cc21. The third kappa shape index (κ3) is 6.71. The molecule has 0 bridgehead atoms. The Balaban J connectivity index is 1.81. The molecular weight excluding hydrogens is 624 g/mol. The molecular formula is C25H22F3N3O6S4.